The SMILES string of the molecule is CNCCC(O)C(O)c1c[nH]c2ncccc12. The Bertz CT molecular complexity index is 483. The first-order valence-corrected chi connectivity index (χ1v) is 5.66. The molecule has 17 heavy (non-hydrogen) atoms. The zero-order valence-corrected chi connectivity index (χ0v) is 9.72. The lowest BCUT2D eigenvalue weighted by Crippen LogP contribution is -2.23. The van der Waals surface area contributed by atoms with Gasteiger partial charge in [-0.05, 0) is 32.1 Å². The molecule has 0 bridgehead atoms. The van der Waals surface area contributed by atoms with Gasteiger partial charge in [-0.15, -0.1) is 0 Å². The molecule has 0 fully saturated rings. The molecule has 0 aliphatic heterocycles. The van der Waals surface area contributed by atoms with Crippen molar-refractivity contribution in [2.75, 3.05) is 13.6 Å². The van der Waals surface area contributed by atoms with Crippen LogP contribution in [0.1, 0.15) is 18.1 Å². The predicted molar refractivity (Wildman–Crippen MR) is 65.6 cm³/mol. The zero-order chi connectivity index (χ0) is 12.3. The Balaban J connectivity index is 2.21. The van der Waals surface area contributed by atoms with E-state index in [1.807, 2.05) is 19.2 Å². The monoisotopic (exact) mass is 235 g/mol. The normalized spacial score (nSPS) is 15.0. The lowest BCUT2D eigenvalue weighted by molar-refractivity contribution is 0.0149. The van der Waals surface area contributed by atoms with Gasteiger partial charge in [0, 0.05) is 23.3 Å². The number of fused-ring (bicyclic) bond motifs is 1. The standard InChI is InChI=1S/C12H17N3O2/c1-13-6-4-10(16)11(17)9-7-15-12-8(9)3-2-5-14-12/h2-3,5,7,10-11,13,16-17H,4,6H2,1H3,(H,14,15). The second kappa shape index (κ2) is 5.27. The molecule has 2 aromatic rings. The topological polar surface area (TPSA) is 81.2 Å². The summed E-state index contributed by atoms with van der Waals surface area (Å²) in [4.78, 5) is 7.13. The van der Waals surface area contributed by atoms with Gasteiger partial charge in [0.15, 0.2) is 0 Å². The number of aromatic amines is 1. The van der Waals surface area contributed by atoms with Crippen molar-refractivity contribution < 1.29 is 10.2 Å². The molecule has 0 spiro atoms. The molecule has 0 saturated heterocycles. The van der Waals surface area contributed by atoms with Crippen LogP contribution in [0.25, 0.3) is 11.0 Å². The number of H-pyrrole nitrogens is 1. The van der Waals surface area contributed by atoms with Crippen LogP contribution in [-0.4, -0.2) is 39.9 Å². The van der Waals surface area contributed by atoms with E-state index in [4.69, 9.17) is 0 Å². The van der Waals surface area contributed by atoms with Crippen molar-refractivity contribution in [3.63, 3.8) is 0 Å². The minimum atomic E-state index is -0.888. The van der Waals surface area contributed by atoms with Crippen LogP contribution in [0.15, 0.2) is 24.5 Å². The number of nitrogens with one attached hydrogen (secondary N) is 2. The average molecular weight is 235 g/mol. The Kier molecular flexibility index (Phi) is 3.73. The van der Waals surface area contributed by atoms with E-state index in [1.54, 1.807) is 12.4 Å². The van der Waals surface area contributed by atoms with E-state index in [-0.39, 0.29) is 0 Å². The van der Waals surface area contributed by atoms with Crippen molar-refractivity contribution in [2.45, 2.75) is 18.6 Å². The predicted octanol–water partition coefficient (Wildman–Crippen LogP) is 0.567. The largest absolute Gasteiger partial charge is 0.390 e. The Morgan fingerprint density at radius 1 is 1.47 bits per heavy atom. The number of hydrogen-bond acceptors (Lipinski definition) is 4. The van der Waals surface area contributed by atoms with Crippen molar-refractivity contribution in [1.29, 1.82) is 0 Å². The molecule has 5 heteroatoms. The number of rotatable bonds is 5. The molecule has 2 rings (SSSR count). The van der Waals surface area contributed by atoms with Gasteiger partial charge in [-0.3, -0.25) is 0 Å². The summed E-state index contributed by atoms with van der Waals surface area (Å²) < 4.78 is 0. The molecular formula is C12H17N3O2. The lowest BCUT2D eigenvalue weighted by atomic mass is 10.0. The van der Waals surface area contributed by atoms with Gasteiger partial charge in [0.05, 0.1) is 6.10 Å². The number of pyridine rings is 1. The maximum Gasteiger partial charge on any atom is 0.137 e. The molecule has 0 amide bonds. The van der Waals surface area contributed by atoms with Gasteiger partial charge in [-0.1, -0.05) is 0 Å². The van der Waals surface area contributed by atoms with E-state index < -0.39 is 12.2 Å². The van der Waals surface area contributed by atoms with Gasteiger partial charge < -0.3 is 20.5 Å². The van der Waals surface area contributed by atoms with Crippen LogP contribution in [0.4, 0.5) is 0 Å². The first-order valence-electron chi connectivity index (χ1n) is 5.66. The highest BCUT2D eigenvalue weighted by Crippen LogP contribution is 2.25. The first-order chi connectivity index (χ1) is 8.24. The molecule has 5 nitrogen and oxygen atoms in total. The third kappa shape index (κ3) is 2.46. The van der Waals surface area contributed by atoms with Gasteiger partial charge in [0.1, 0.15) is 11.8 Å². The lowest BCUT2D eigenvalue weighted by Gasteiger charge is -2.17. The summed E-state index contributed by atoms with van der Waals surface area (Å²) >= 11 is 0. The van der Waals surface area contributed by atoms with Gasteiger partial charge in [-0.2, -0.15) is 0 Å². The molecule has 92 valence electrons. The second-order valence-electron chi connectivity index (χ2n) is 4.05. The average Bonchev–Trinajstić information content (AvgIpc) is 2.78. The number of aliphatic hydroxyl groups excluding tert-OH is 2. The van der Waals surface area contributed by atoms with E-state index in [0.717, 1.165) is 11.0 Å². The van der Waals surface area contributed by atoms with Crippen molar-refractivity contribution >= 4 is 11.0 Å². The molecule has 4 N–H and O–H groups in total. The minimum absolute atomic E-state index is 0.505. The summed E-state index contributed by atoms with van der Waals surface area (Å²) in [5.74, 6) is 0. The number of nitrogens with zero attached hydrogens (tertiary/aromatic N) is 1. The van der Waals surface area contributed by atoms with E-state index in [2.05, 4.69) is 15.3 Å². The van der Waals surface area contributed by atoms with Crippen LogP contribution < -0.4 is 5.32 Å². The van der Waals surface area contributed by atoms with Crippen LogP contribution in [-0.2, 0) is 0 Å². The number of hydrogen-bond donors (Lipinski definition) is 4. The summed E-state index contributed by atoms with van der Waals surface area (Å²) in [6.45, 7) is 0.666. The third-order valence-electron chi connectivity index (χ3n) is 2.86. The van der Waals surface area contributed by atoms with Crippen molar-refractivity contribution in [3.05, 3.63) is 30.1 Å². The molecule has 2 aromatic heterocycles. The highest BCUT2D eigenvalue weighted by Gasteiger charge is 2.20. The van der Waals surface area contributed by atoms with Crippen molar-refractivity contribution in [1.82, 2.24) is 15.3 Å². The maximum absolute atomic E-state index is 10.1. The maximum atomic E-state index is 10.1. The molecule has 2 heterocycles. The quantitative estimate of drug-likeness (QED) is 0.610. The van der Waals surface area contributed by atoms with E-state index >= 15 is 0 Å². The van der Waals surface area contributed by atoms with Gasteiger partial charge >= 0.3 is 0 Å². The van der Waals surface area contributed by atoms with Gasteiger partial charge in [0.2, 0.25) is 0 Å². The third-order valence-corrected chi connectivity index (χ3v) is 2.86. The fourth-order valence-corrected chi connectivity index (χ4v) is 1.88. The summed E-state index contributed by atoms with van der Waals surface area (Å²) in [7, 11) is 1.81. The number of aliphatic hydroxyl groups is 2. The first kappa shape index (κ1) is 12.0. The van der Waals surface area contributed by atoms with Crippen LogP contribution in [0.2, 0.25) is 0 Å². The molecule has 2 atom stereocenters. The number of aromatic nitrogens is 2. The van der Waals surface area contributed by atoms with Crippen LogP contribution in [0.3, 0.4) is 0 Å². The second-order valence-corrected chi connectivity index (χ2v) is 4.05. The summed E-state index contributed by atoms with van der Waals surface area (Å²) in [6, 6.07) is 3.69. The highest BCUT2D eigenvalue weighted by atomic mass is 16.3. The van der Waals surface area contributed by atoms with Crippen molar-refractivity contribution in [2.24, 2.45) is 0 Å². The minimum Gasteiger partial charge on any atom is -0.390 e. The molecule has 0 aromatic carbocycles. The van der Waals surface area contributed by atoms with Crippen LogP contribution in [0.5, 0.6) is 0 Å². The summed E-state index contributed by atoms with van der Waals surface area (Å²) in [6.07, 6.45) is 2.23. The van der Waals surface area contributed by atoms with Crippen LogP contribution >= 0.6 is 0 Å². The molecule has 2 unspecified atom stereocenters. The Hall–Kier alpha value is -1.43. The molecular weight excluding hydrogens is 218 g/mol. The Morgan fingerprint density at radius 3 is 3.06 bits per heavy atom. The highest BCUT2D eigenvalue weighted by molar-refractivity contribution is 5.79. The fraction of sp³-hybridized carbons (Fsp3) is 0.417. The Morgan fingerprint density at radius 2 is 2.29 bits per heavy atom. The van der Waals surface area contributed by atoms with Gasteiger partial charge in [0.25, 0.3) is 0 Å². The molecule has 0 aliphatic carbocycles. The Labute approximate surface area is 99.5 Å². The fourth-order valence-electron chi connectivity index (χ4n) is 1.88. The van der Waals surface area contributed by atoms with E-state index in [1.165, 1.54) is 0 Å². The molecule has 0 saturated carbocycles. The smallest absolute Gasteiger partial charge is 0.137 e. The summed E-state index contributed by atoms with van der Waals surface area (Å²) in [5.41, 5.74) is 1.42. The van der Waals surface area contributed by atoms with Gasteiger partial charge in [-0.25, -0.2) is 4.98 Å². The summed E-state index contributed by atoms with van der Waals surface area (Å²) in [5, 5.41) is 23.7. The molecule has 0 radical (unpaired) electrons. The van der Waals surface area contributed by atoms with E-state index in [9.17, 15) is 10.2 Å². The molecule has 0 aliphatic rings. The van der Waals surface area contributed by atoms with Crippen LogP contribution in [0, 0.1) is 0 Å². The zero-order valence-electron chi connectivity index (χ0n) is 9.72. The van der Waals surface area contributed by atoms with E-state index in [0.29, 0.717) is 18.5 Å². The van der Waals surface area contributed by atoms with Crippen molar-refractivity contribution in [3.8, 4) is 0 Å².